The molecule has 2 aliphatic rings. The SMILES string of the molecule is CCC1CC(=O)N(CC2CSc3ccccc32)C1. The molecule has 1 fully saturated rings. The maximum Gasteiger partial charge on any atom is 0.222 e. The van der Waals surface area contributed by atoms with E-state index in [4.69, 9.17) is 0 Å². The van der Waals surface area contributed by atoms with Crippen molar-refractivity contribution in [3.8, 4) is 0 Å². The van der Waals surface area contributed by atoms with Crippen molar-refractivity contribution < 1.29 is 4.79 Å². The Labute approximate surface area is 113 Å². The Bertz CT molecular complexity index is 460. The molecule has 0 aromatic heterocycles. The van der Waals surface area contributed by atoms with Crippen LogP contribution in [0.2, 0.25) is 0 Å². The molecule has 1 aromatic rings. The van der Waals surface area contributed by atoms with Crippen molar-refractivity contribution in [1.82, 2.24) is 4.90 Å². The first-order valence-electron chi connectivity index (χ1n) is 6.77. The second kappa shape index (κ2) is 4.96. The van der Waals surface area contributed by atoms with E-state index >= 15 is 0 Å². The van der Waals surface area contributed by atoms with E-state index in [-0.39, 0.29) is 0 Å². The van der Waals surface area contributed by atoms with Gasteiger partial charge in [-0.15, -0.1) is 11.8 Å². The molecule has 0 saturated carbocycles. The standard InChI is InChI=1S/C15H19NOS/c1-2-11-7-15(17)16(8-11)9-12-10-18-14-6-4-3-5-13(12)14/h3-6,11-12H,2,7-10H2,1H3. The molecule has 1 saturated heterocycles. The zero-order valence-electron chi connectivity index (χ0n) is 10.8. The van der Waals surface area contributed by atoms with E-state index in [9.17, 15) is 4.79 Å². The highest BCUT2D eigenvalue weighted by Gasteiger charge is 2.32. The summed E-state index contributed by atoms with van der Waals surface area (Å²) in [6.07, 6.45) is 1.89. The van der Waals surface area contributed by atoms with Crippen LogP contribution in [0.4, 0.5) is 0 Å². The Morgan fingerprint density at radius 1 is 1.39 bits per heavy atom. The van der Waals surface area contributed by atoms with Gasteiger partial charge in [0.25, 0.3) is 0 Å². The zero-order chi connectivity index (χ0) is 12.5. The minimum absolute atomic E-state index is 0.358. The lowest BCUT2D eigenvalue weighted by Gasteiger charge is -2.21. The van der Waals surface area contributed by atoms with Crippen molar-refractivity contribution in [2.75, 3.05) is 18.8 Å². The summed E-state index contributed by atoms with van der Waals surface area (Å²) in [6, 6.07) is 8.62. The molecule has 2 heterocycles. The molecule has 18 heavy (non-hydrogen) atoms. The average molecular weight is 261 g/mol. The predicted molar refractivity (Wildman–Crippen MR) is 74.9 cm³/mol. The van der Waals surface area contributed by atoms with Gasteiger partial charge >= 0.3 is 0 Å². The topological polar surface area (TPSA) is 20.3 Å². The van der Waals surface area contributed by atoms with Crippen molar-refractivity contribution in [1.29, 1.82) is 0 Å². The molecule has 0 N–H and O–H groups in total. The summed E-state index contributed by atoms with van der Waals surface area (Å²) in [7, 11) is 0. The van der Waals surface area contributed by atoms with Gasteiger partial charge in [0.1, 0.15) is 0 Å². The Hall–Kier alpha value is -0.960. The van der Waals surface area contributed by atoms with E-state index in [1.807, 2.05) is 11.8 Å². The molecule has 3 rings (SSSR count). The number of benzene rings is 1. The maximum absolute atomic E-state index is 12.0. The number of rotatable bonds is 3. The average Bonchev–Trinajstić information content (AvgIpc) is 2.95. The lowest BCUT2D eigenvalue weighted by molar-refractivity contribution is -0.127. The molecular formula is C15H19NOS. The first-order chi connectivity index (χ1) is 8.78. The van der Waals surface area contributed by atoms with E-state index in [1.165, 1.54) is 10.5 Å². The molecule has 0 bridgehead atoms. The molecule has 96 valence electrons. The molecule has 2 aliphatic heterocycles. The number of carbonyl (C=O) groups excluding carboxylic acids is 1. The van der Waals surface area contributed by atoms with Crippen molar-refractivity contribution in [3.05, 3.63) is 29.8 Å². The van der Waals surface area contributed by atoms with E-state index in [0.717, 1.165) is 31.7 Å². The Kier molecular flexibility index (Phi) is 3.33. The fraction of sp³-hybridized carbons (Fsp3) is 0.533. The summed E-state index contributed by atoms with van der Waals surface area (Å²) in [5.74, 6) is 2.60. The van der Waals surface area contributed by atoms with Gasteiger partial charge in [-0.3, -0.25) is 4.79 Å². The third kappa shape index (κ3) is 2.16. The van der Waals surface area contributed by atoms with Gasteiger partial charge in [0.15, 0.2) is 0 Å². The van der Waals surface area contributed by atoms with Crippen LogP contribution in [0.3, 0.4) is 0 Å². The van der Waals surface area contributed by atoms with Crippen LogP contribution in [0.1, 0.15) is 31.2 Å². The van der Waals surface area contributed by atoms with Crippen molar-refractivity contribution >= 4 is 17.7 Å². The van der Waals surface area contributed by atoms with Gasteiger partial charge in [0.05, 0.1) is 0 Å². The lowest BCUT2D eigenvalue weighted by Crippen LogP contribution is -2.30. The quantitative estimate of drug-likeness (QED) is 0.833. The molecule has 2 atom stereocenters. The summed E-state index contributed by atoms with van der Waals surface area (Å²) in [6.45, 7) is 4.07. The summed E-state index contributed by atoms with van der Waals surface area (Å²) < 4.78 is 0. The van der Waals surface area contributed by atoms with Crippen LogP contribution in [-0.2, 0) is 4.79 Å². The van der Waals surface area contributed by atoms with Crippen molar-refractivity contribution in [2.45, 2.75) is 30.6 Å². The Morgan fingerprint density at radius 3 is 3.00 bits per heavy atom. The van der Waals surface area contributed by atoms with Gasteiger partial charge in [-0.05, 0) is 17.5 Å². The van der Waals surface area contributed by atoms with Gasteiger partial charge in [0, 0.05) is 36.1 Å². The number of amides is 1. The van der Waals surface area contributed by atoms with Gasteiger partial charge in [-0.1, -0.05) is 31.5 Å². The van der Waals surface area contributed by atoms with Crippen LogP contribution in [0.25, 0.3) is 0 Å². The number of hydrogen-bond donors (Lipinski definition) is 0. The largest absolute Gasteiger partial charge is 0.342 e. The fourth-order valence-corrected chi connectivity index (χ4v) is 4.19. The van der Waals surface area contributed by atoms with Gasteiger partial charge in [-0.2, -0.15) is 0 Å². The zero-order valence-corrected chi connectivity index (χ0v) is 11.6. The molecule has 0 aliphatic carbocycles. The molecular weight excluding hydrogens is 242 g/mol. The highest BCUT2D eigenvalue weighted by Crippen LogP contribution is 2.40. The second-order valence-corrected chi connectivity index (χ2v) is 6.38. The molecule has 1 amide bonds. The minimum Gasteiger partial charge on any atom is -0.342 e. The van der Waals surface area contributed by atoms with Crippen LogP contribution >= 0.6 is 11.8 Å². The third-order valence-corrected chi connectivity index (χ3v) is 5.36. The predicted octanol–water partition coefficient (Wildman–Crippen LogP) is 3.13. The van der Waals surface area contributed by atoms with Crippen LogP contribution in [0, 0.1) is 5.92 Å². The minimum atomic E-state index is 0.358. The first-order valence-corrected chi connectivity index (χ1v) is 7.76. The van der Waals surface area contributed by atoms with Gasteiger partial charge in [0.2, 0.25) is 5.91 Å². The Balaban J connectivity index is 1.70. The van der Waals surface area contributed by atoms with Crippen LogP contribution < -0.4 is 0 Å². The second-order valence-electron chi connectivity index (χ2n) is 5.32. The summed E-state index contributed by atoms with van der Waals surface area (Å²) in [4.78, 5) is 15.5. The van der Waals surface area contributed by atoms with Gasteiger partial charge in [-0.25, -0.2) is 0 Å². The van der Waals surface area contributed by atoms with Crippen LogP contribution in [0.5, 0.6) is 0 Å². The molecule has 2 nitrogen and oxygen atoms in total. The van der Waals surface area contributed by atoms with Crippen molar-refractivity contribution in [2.24, 2.45) is 5.92 Å². The number of nitrogens with zero attached hydrogens (tertiary/aromatic N) is 1. The fourth-order valence-electron chi connectivity index (χ4n) is 2.95. The maximum atomic E-state index is 12.0. The van der Waals surface area contributed by atoms with E-state index in [2.05, 4.69) is 36.1 Å². The highest BCUT2D eigenvalue weighted by molar-refractivity contribution is 7.99. The molecule has 2 unspecified atom stereocenters. The molecule has 0 spiro atoms. The Morgan fingerprint density at radius 2 is 2.22 bits per heavy atom. The highest BCUT2D eigenvalue weighted by atomic mass is 32.2. The third-order valence-electron chi connectivity index (χ3n) is 4.11. The normalized spacial score (nSPS) is 26.7. The lowest BCUT2D eigenvalue weighted by atomic mass is 10.0. The van der Waals surface area contributed by atoms with Crippen LogP contribution in [-0.4, -0.2) is 29.6 Å². The van der Waals surface area contributed by atoms with Crippen LogP contribution in [0.15, 0.2) is 29.2 Å². The van der Waals surface area contributed by atoms with E-state index < -0.39 is 0 Å². The number of carbonyl (C=O) groups is 1. The summed E-state index contributed by atoms with van der Waals surface area (Å²) in [5, 5.41) is 0. The molecule has 3 heteroatoms. The summed E-state index contributed by atoms with van der Waals surface area (Å²) in [5.41, 5.74) is 1.44. The van der Waals surface area contributed by atoms with Gasteiger partial charge < -0.3 is 4.90 Å². The van der Waals surface area contributed by atoms with Crippen molar-refractivity contribution in [3.63, 3.8) is 0 Å². The number of fused-ring (bicyclic) bond motifs is 1. The van der Waals surface area contributed by atoms with E-state index in [1.54, 1.807) is 0 Å². The van der Waals surface area contributed by atoms with E-state index in [0.29, 0.717) is 17.7 Å². The smallest absolute Gasteiger partial charge is 0.222 e. The summed E-state index contributed by atoms with van der Waals surface area (Å²) >= 11 is 1.93. The first kappa shape index (κ1) is 12.1. The number of likely N-dealkylation sites (tertiary alicyclic amines) is 1. The number of thioether (sulfide) groups is 1. The molecule has 1 aromatic carbocycles. The molecule has 0 radical (unpaired) electrons. The monoisotopic (exact) mass is 261 g/mol. The number of hydrogen-bond acceptors (Lipinski definition) is 2.